The van der Waals surface area contributed by atoms with Gasteiger partial charge in [-0.25, -0.2) is 0 Å². The molecule has 0 aromatic heterocycles. The van der Waals surface area contributed by atoms with Crippen molar-refractivity contribution in [2.45, 2.75) is 50.6 Å². The molecular weight excluding hydrogens is 342 g/mol. The number of carbonyl (C=O) groups excluding carboxylic acids is 3. The van der Waals surface area contributed by atoms with E-state index in [9.17, 15) is 14.4 Å². The lowest BCUT2D eigenvalue weighted by Gasteiger charge is -2.36. The Morgan fingerprint density at radius 2 is 1.70 bits per heavy atom. The highest BCUT2D eigenvalue weighted by molar-refractivity contribution is 5.84. The third-order valence-electron chi connectivity index (χ3n) is 6.23. The minimum Gasteiger partial charge on any atom is -0.354 e. The van der Waals surface area contributed by atoms with Crippen molar-refractivity contribution in [1.29, 1.82) is 0 Å². The highest BCUT2D eigenvalue weighted by atomic mass is 16.2. The molecule has 2 atom stereocenters. The zero-order chi connectivity index (χ0) is 18.8. The van der Waals surface area contributed by atoms with Gasteiger partial charge in [0.05, 0.1) is 6.42 Å². The maximum Gasteiger partial charge on any atom is 0.226 e. The molecule has 0 spiro atoms. The predicted molar refractivity (Wildman–Crippen MR) is 101 cm³/mol. The average Bonchev–Trinajstić information content (AvgIpc) is 3.00. The van der Waals surface area contributed by atoms with Gasteiger partial charge in [0, 0.05) is 44.1 Å². The summed E-state index contributed by atoms with van der Waals surface area (Å²) >= 11 is 0. The Kier molecular flexibility index (Phi) is 5.14. The third-order valence-corrected chi connectivity index (χ3v) is 6.23. The third kappa shape index (κ3) is 3.84. The highest BCUT2D eigenvalue weighted by Gasteiger charge is 2.42. The molecule has 1 aromatic rings. The Balaban J connectivity index is 1.33. The van der Waals surface area contributed by atoms with Crippen LogP contribution in [0, 0.1) is 5.92 Å². The summed E-state index contributed by atoms with van der Waals surface area (Å²) in [6.45, 7) is 1.86. The van der Waals surface area contributed by atoms with Gasteiger partial charge in [-0.1, -0.05) is 30.3 Å². The number of hydrogen-bond acceptors (Lipinski definition) is 3. The van der Waals surface area contributed by atoms with Crippen molar-refractivity contribution in [3.05, 3.63) is 35.9 Å². The number of fused-ring (bicyclic) bond motifs is 2. The molecule has 6 heteroatoms. The van der Waals surface area contributed by atoms with Gasteiger partial charge in [-0.3, -0.25) is 14.4 Å². The van der Waals surface area contributed by atoms with Crippen LogP contribution < -0.4 is 5.32 Å². The Morgan fingerprint density at radius 1 is 1.00 bits per heavy atom. The number of amides is 3. The number of likely N-dealkylation sites (tertiary alicyclic amines) is 1. The van der Waals surface area contributed by atoms with Gasteiger partial charge in [0.15, 0.2) is 0 Å². The van der Waals surface area contributed by atoms with Crippen LogP contribution in [0.15, 0.2) is 30.3 Å². The summed E-state index contributed by atoms with van der Waals surface area (Å²) in [5, 5.41) is 2.92. The molecule has 27 heavy (non-hydrogen) atoms. The van der Waals surface area contributed by atoms with Crippen LogP contribution >= 0.6 is 0 Å². The van der Waals surface area contributed by atoms with Crippen molar-refractivity contribution in [1.82, 2.24) is 15.1 Å². The number of nitrogens with zero attached hydrogens (tertiary/aromatic N) is 2. The molecule has 0 saturated carbocycles. The van der Waals surface area contributed by atoms with Crippen LogP contribution in [-0.4, -0.2) is 59.2 Å². The number of rotatable bonds is 3. The average molecular weight is 369 g/mol. The molecular formula is C21H27N3O3. The summed E-state index contributed by atoms with van der Waals surface area (Å²) in [6.07, 6.45) is 4.19. The standard InChI is InChI=1S/C21H27N3O3/c25-19-13-17-6-7-18(14-22-19)24(17)21(27)16-8-10-23(11-9-16)20(26)12-15-4-2-1-3-5-15/h1-5,16-18H,6-14H2,(H,22,25)/t17-,18+/m0/s1. The van der Waals surface area contributed by atoms with Gasteiger partial charge in [0.25, 0.3) is 0 Å². The Morgan fingerprint density at radius 3 is 2.44 bits per heavy atom. The zero-order valence-corrected chi connectivity index (χ0v) is 15.6. The molecule has 144 valence electrons. The lowest BCUT2D eigenvalue weighted by atomic mass is 9.94. The number of carbonyl (C=O) groups is 3. The van der Waals surface area contributed by atoms with Gasteiger partial charge in [-0.15, -0.1) is 0 Å². The SMILES string of the molecule is O=C1C[C@@H]2CC[C@H](CN1)N2C(=O)C1CCN(C(=O)Cc2ccccc2)CC1. The Hall–Kier alpha value is -2.37. The second kappa shape index (κ2) is 7.71. The van der Waals surface area contributed by atoms with E-state index in [1.54, 1.807) is 0 Å². The van der Waals surface area contributed by atoms with E-state index >= 15 is 0 Å². The molecule has 3 aliphatic rings. The highest BCUT2D eigenvalue weighted by Crippen LogP contribution is 2.32. The van der Waals surface area contributed by atoms with Crippen molar-refractivity contribution in [2.75, 3.05) is 19.6 Å². The predicted octanol–water partition coefficient (Wildman–Crippen LogP) is 1.35. The van der Waals surface area contributed by atoms with Crippen LogP contribution in [0.4, 0.5) is 0 Å². The van der Waals surface area contributed by atoms with Gasteiger partial charge in [-0.2, -0.15) is 0 Å². The first kappa shape index (κ1) is 18.0. The molecule has 0 unspecified atom stereocenters. The fourth-order valence-corrected chi connectivity index (χ4v) is 4.71. The van der Waals surface area contributed by atoms with E-state index in [2.05, 4.69) is 5.32 Å². The molecule has 0 aliphatic carbocycles. The van der Waals surface area contributed by atoms with Crippen molar-refractivity contribution >= 4 is 17.7 Å². The summed E-state index contributed by atoms with van der Waals surface area (Å²) in [7, 11) is 0. The lowest BCUT2D eigenvalue weighted by Crippen LogP contribution is -2.49. The van der Waals surface area contributed by atoms with Gasteiger partial charge in [-0.05, 0) is 31.2 Å². The summed E-state index contributed by atoms with van der Waals surface area (Å²) < 4.78 is 0. The zero-order valence-electron chi connectivity index (χ0n) is 15.6. The first-order valence-electron chi connectivity index (χ1n) is 10.0. The first-order chi connectivity index (χ1) is 13.1. The second-order valence-corrected chi connectivity index (χ2v) is 7.96. The van der Waals surface area contributed by atoms with Gasteiger partial charge in [0.1, 0.15) is 0 Å². The van der Waals surface area contributed by atoms with Crippen LogP contribution in [0.3, 0.4) is 0 Å². The Labute approximate surface area is 159 Å². The lowest BCUT2D eigenvalue weighted by molar-refractivity contribution is -0.142. The molecule has 6 nitrogen and oxygen atoms in total. The number of benzene rings is 1. The first-order valence-corrected chi connectivity index (χ1v) is 10.0. The van der Waals surface area contributed by atoms with E-state index in [-0.39, 0.29) is 35.7 Å². The molecule has 3 heterocycles. The van der Waals surface area contributed by atoms with E-state index in [1.165, 1.54) is 0 Å². The maximum absolute atomic E-state index is 13.1. The number of hydrogen-bond donors (Lipinski definition) is 1. The molecule has 4 rings (SSSR count). The van der Waals surface area contributed by atoms with E-state index < -0.39 is 0 Å². The van der Waals surface area contributed by atoms with Crippen LogP contribution in [-0.2, 0) is 20.8 Å². The number of piperidine rings is 1. The fourth-order valence-electron chi connectivity index (χ4n) is 4.71. The molecule has 1 N–H and O–H groups in total. The minimum absolute atomic E-state index is 0.0259. The van der Waals surface area contributed by atoms with Crippen LogP contribution in [0.2, 0.25) is 0 Å². The van der Waals surface area contributed by atoms with Crippen molar-refractivity contribution in [3.63, 3.8) is 0 Å². The Bertz CT molecular complexity index is 713. The molecule has 3 saturated heterocycles. The van der Waals surface area contributed by atoms with Crippen LogP contribution in [0.25, 0.3) is 0 Å². The van der Waals surface area contributed by atoms with Crippen molar-refractivity contribution in [2.24, 2.45) is 5.92 Å². The van der Waals surface area contributed by atoms with Gasteiger partial charge < -0.3 is 15.1 Å². The van der Waals surface area contributed by atoms with Gasteiger partial charge >= 0.3 is 0 Å². The van der Waals surface area contributed by atoms with E-state index in [1.807, 2.05) is 40.1 Å². The molecule has 3 amide bonds. The topological polar surface area (TPSA) is 69.7 Å². The second-order valence-electron chi connectivity index (χ2n) is 7.96. The van der Waals surface area contributed by atoms with Crippen LogP contribution in [0.5, 0.6) is 0 Å². The molecule has 0 radical (unpaired) electrons. The summed E-state index contributed by atoms with van der Waals surface area (Å²) in [5.41, 5.74) is 1.03. The fraction of sp³-hybridized carbons (Fsp3) is 0.571. The van der Waals surface area contributed by atoms with E-state index in [4.69, 9.17) is 0 Å². The number of nitrogens with one attached hydrogen (secondary N) is 1. The van der Waals surface area contributed by atoms with Crippen molar-refractivity contribution < 1.29 is 14.4 Å². The largest absolute Gasteiger partial charge is 0.354 e. The maximum atomic E-state index is 13.1. The summed E-state index contributed by atoms with van der Waals surface area (Å²) in [5.74, 6) is 0.356. The molecule has 1 aromatic carbocycles. The smallest absolute Gasteiger partial charge is 0.226 e. The normalized spacial score (nSPS) is 25.9. The summed E-state index contributed by atoms with van der Waals surface area (Å²) in [6, 6.07) is 9.99. The summed E-state index contributed by atoms with van der Waals surface area (Å²) in [4.78, 5) is 41.3. The monoisotopic (exact) mass is 369 g/mol. The molecule has 2 bridgehead atoms. The van der Waals surface area contributed by atoms with E-state index in [0.717, 1.165) is 31.2 Å². The van der Waals surface area contributed by atoms with Crippen LogP contribution in [0.1, 0.15) is 37.7 Å². The van der Waals surface area contributed by atoms with Crippen molar-refractivity contribution in [3.8, 4) is 0 Å². The quantitative estimate of drug-likeness (QED) is 0.874. The molecule has 3 aliphatic heterocycles. The van der Waals surface area contributed by atoms with Gasteiger partial charge in [0.2, 0.25) is 17.7 Å². The van der Waals surface area contributed by atoms with E-state index in [0.29, 0.717) is 32.5 Å². The molecule has 3 fully saturated rings. The minimum atomic E-state index is -0.0259.